The largest absolute Gasteiger partial charge is 0.300 e. The van der Waals surface area contributed by atoms with Crippen molar-refractivity contribution in [2.45, 2.75) is 24.9 Å². The fourth-order valence-electron chi connectivity index (χ4n) is 2.86. The van der Waals surface area contributed by atoms with Crippen LogP contribution in [0.5, 0.6) is 0 Å². The molecule has 2 unspecified atom stereocenters. The number of likely N-dealkylation sites (tertiary alicyclic amines) is 1. The van der Waals surface area contributed by atoms with Crippen molar-refractivity contribution < 1.29 is 0 Å². The molecule has 2 aliphatic carbocycles. The molecule has 0 aromatic rings. The van der Waals surface area contributed by atoms with Crippen molar-refractivity contribution in [3.63, 3.8) is 0 Å². The number of piperidine rings is 3. The van der Waals surface area contributed by atoms with Crippen LogP contribution < -0.4 is 0 Å². The molecule has 0 aromatic heterocycles. The van der Waals surface area contributed by atoms with E-state index in [4.69, 9.17) is 0 Å². The van der Waals surface area contributed by atoms with Gasteiger partial charge in [0.05, 0.1) is 0 Å². The van der Waals surface area contributed by atoms with Crippen LogP contribution in [0.2, 0.25) is 0 Å². The van der Waals surface area contributed by atoms with Crippen LogP contribution in [0.15, 0.2) is 0 Å². The normalized spacial score (nSPS) is 67.1. The summed E-state index contributed by atoms with van der Waals surface area (Å²) in [5.41, 5.74) is 0. The van der Waals surface area contributed by atoms with Crippen LogP contribution in [0.4, 0.5) is 0 Å². The zero-order valence-electron chi connectivity index (χ0n) is 5.17. The molecule has 0 radical (unpaired) electrons. The summed E-state index contributed by atoms with van der Waals surface area (Å²) in [4.78, 5) is 2.56. The Morgan fingerprint density at radius 1 is 1.25 bits per heavy atom. The van der Waals surface area contributed by atoms with Crippen LogP contribution in [0, 0.1) is 11.8 Å². The Bertz CT molecular complexity index is 119. The molecule has 1 nitrogen and oxygen atoms in total. The predicted molar refractivity (Wildman–Crippen MR) is 31.6 cm³/mol. The van der Waals surface area contributed by atoms with E-state index in [1.165, 1.54) is 24.7 Å². The van der Waals surface area contributed by atoms with E-state index >= 15 is 0 Å². The first kappa shape index (κ1) is 3.89. The maximum absolute atomic E-state index is 2.56. The SMILES string of the molecule is CN1C2CC3CC1C32. The summed E-state index contributed by atoms with van der Waals surface area (Å²) in [5, 5.41) is 0. The number of nitrogens with zero attached hydrogens (tertiary/aromatic N) is 1. The molecule has 0 N–H and O–H groups in total. The molecule has 3 rings (SSSR count). The van der Waals surface area contributed by atoms with Gasteiger partial charge in [-0.1, -0.05) is 0 Å². The quantitative estimate of drug-likeness (QED) is 0.443. The molecular formula is C7H11N. The zero-order valence-corrected chi connectivity index (χ0v) is 5.17. The fourth-order valence-corrected chi connectivity index (χ4v) is 2.86. The first-order valence-electron chi connectivity index (χ1n) is 3.60. The molecule has 2 saturated carbocycles. The van der Waals surface area contributed by atoms with Crippen molar-refractivity contribution >= 4 is 0 Å². The topological polar surface area (TPSA) is 3.24 Å². The van der Waals surface area contributed by atoms with Gasteiger partial charge in [-0.05, 0) is 31.7 Å². The molecule has 0 aromatic carbocycles. The van der Waals surface area contributed by atoms with Gasteiger partial charge in [0.2, 0.25) is 0 Å². The summed E-state index contributed by atoms with van der Waals surface area (Å²) in [6.45, 7) is 0. The van der Waals surface area contributed by atoms with E-state index in [9.17, 15) is 0 Å². The van der Waals surface area contributed by atoms with Crippen LogP contribution >= 0.6 is 0 Å². The van der Waals surface area contributed by atoms with Gasteiger partial charge >= 0.3 is 0 Å². The summed E-state index contributed by atoms with van der Waals surface area (Å²) in [6.07, 6.45) is 3.05. The van der Waals surface area contributed by atoms with Crippen molar-refractivity contribution in [3.8, 4) is 0 Å². The molecule has 0 amide bonds. The van der Waals surface area contributed by atoms with Crippen LogP contribution in [-0.4, -0.2) is 24.0 Å². The van der Waals surface area contributed by atoms with Crippen LogP contribution in [-0.2, 0) is 0 Å². The highest BCUT2D eigenvalue weighted by Gasteiger charge is 2.65. The van der Waals surface area contributed by atoms with Crippen molar-refractivity contribution in [1.29, 1.82) is 0 Å². The lowest BCUT2D eigenvalue weighted by molar-refractivity contribution is -0.233. The van der Waals surface area contributed by atoms with Crippen LogP contribution in [0.1, 0.15) is 12.8 Å². The van der Waals surface area contributed by atoms with Gasteiger partial charge in [-0.25, -0.2) is 0 Å². The molecular weight excluding hydrogens is 98.1 g/mol. The standard InChI is InChI=1S/C7H11N/c1-8-5-2-4-3-6(8)7(4)5/h4-7H,2-3H2,1H3. The van der Waals surface area contributed by atoms with Crippen molar-refractivity contribution in [2.75, 3.05) is 7.05 Å². The second kappa shape index (κ2) is 0.860. The van der Waals surface area contributed by atoms with Crippen LogP contribution in [0.25, 0.3) is 0 Å². The van der Waals surface area contributed by atoms with E-state index < -0.39 is 0 Å². The molecule has 2 atom stereocenters. The smallest absolute Gasteiger partial charge is 0.0144 e. The second-order valence-corrected chi connectivity index (χ2v) is 3.61. The Hall–Kier alpha value is -0.0400. The Morgan fingerprint density at radius 2 is 1.88 bits per heavy atom. The van der Waals surface area contributed by atoms with Gasteiger partial charge in [-0.15, -0.1) is 0 Å². The minimum atomic E-state index is 1.04. The monoisotopic (exact) mass is 109 g/mol. The molecule has 3 fully saturated rings. The third-order valence-electron chi connectivity index (χ3n) is 3.57. The maximum atomic E-state index is 2.56. The number of rotatable bonds is 0. The molecule has 1 heteroatoms. The second-order valence-electron chi connectivity index (χ2n) is 3.61. The molecule has 44 valence electrons. The van der Waals surface area contributed by atoms with Gasteiger partial charge in [0, 0.05) is 12.1 Å². The summed E-state index contributed by atoms with van der Waals surface area (Å²) >= 11 is 0. The molecule has 1 heterocycles. The lowest BCUT2D eigenvalue weighted by atomic mass is 9.46. The van der Waals surface area contributed by atoms with Gasteiger partial charge in [0.1, 0.15) is 0 Å². The summed E-state index contributed by atoms with van der Waals surface area (Å²) in [6, 6.07) is 2.08. The average Bonchev–Trinajstić information content (AvgIpc) is 1.74. The molecule has 3 aliphatic rings. The summed E-state index contributed by atoms with van der Waals surface area (Å²) in [7, 11) is 2.28. The highest BCUT2D eigenvalue weighted by Crippen LogP contribution is 2.62. The molecule has 1 saturated heterocycles. The minimum absolute atomic E-state index is 1.04. The summed E-state index contributed by atoms with van der Waals surface area (Å²) < 4.78 is 0. The van der Waals surface area contributed by atoms with Gasteiger partial charge in [-0.3, -0.25) is 4.90 Å². The van der Waals surface area contributed by atoms with Gasteiger partial charge in [0.25, 0.3) is 0 Å². The van der Waals surface area contributed by atoms with Crippen molar-refractivity contribution in [2.24, 2.45) is 11.8 Å². The van der Waals surface area contributed by atoms with E-state index in [-0.39, 0.29) is 0 Å². The van der Waals surface area contributed by atoms with E-state index in [0.717, 1.165) is 12.1 Å². The summed E-state index contributed by atoms with van der Waals surface area (Å²) in [5.74, 6) is 2.36. The minimum Gasteiger partial charge on any atom is -0.300 e. The Kier molecular flexibility index (Phi) is 0.418. The third kappa shape index (κ3) is 0.188. The van der Waals surface area contributed by atoms with Crippen molar-refractivity contribution in [1.82, 2.24) is 4.90 Å². The van der Waals surface area contributed by atoms with E-state index in [2.05, 4.69) is 11.9 Å². The van der Waals surface area contributed by atoms with Gasteiger partial charge < -0.3 is 0 Å². The maximum Gasteiger partial charge on any atom is 0.0144 e. The zero-order chi connectivity index (χ0) is 5.30. The molecule has 0 spiro atoms. The molecule has 8 heavy (non-hydrogen) atoms. The highest BCUT2D eigenvalue weighted by atomic mass is 15.3. The highest BCUT2D eigenvalue weighted by molar-refractivity contribution is 5.18. The van der Waals surface area contributed by atoms with Crippen LogP contribution in [0.3, 0.4) is 0 Å². The molecule has 1 aliphatic heterocycles. The predicted octanol–water partition coefficient (Wildman–Crippen LogP) is 0.709. The Labute approximate surface area is 49.7 Å². The lowest BCUT2D eigenvalue weighted by Gasteiger charge is -2.73. The first-order chi connectivity index (χ1) is 3.88. The first-order valence-corrected chi connectivity index (χ1v) is 3.60. The van der Waals surface area contributed by atoms with Gasteiger partial charge in [-0.2, -0.15) is 0 Å². The third-order valence-corrected chi connectivity index (χ3v) is 3.57. The Morgan fingerprint density at radius 3 is 2.00 bits per heavy atom. The van der Waals surface area contributed by atoms with E-state index in [1.807, 2.05) is 0 Å². The van der Waals surface area contributed by atoms with E-state index in [1.54, 1.807) is 0 Å². The Balaban J connectivity index is 1.94. The number of hydrogen-bond acceptors (Lipinski definition) is 1. The molecule has 0 bridgehead atoms. The fraction of sp³-hybridized carbons (Fsp3) is 1.00. The van der Waals surface area contributed by atoms with Gasteiger partial charge in [0.15, 0.2) is 0 Å². The van der Waals surface area contributed by atoms with E-state index in [0.29, 0.717) is 0 Å². The number of hydrogen-bond donors (Lipinski definition) is 0. The average molecular weight is 109 g/mol. The lowest BCUT2D eigenvalue weighted by Crippen LogP contribution is -2.79. The van der Waals surface area contributed by atoms with Crippen molar-refractivity contribution in [3.05, 3.63) is 0 Å².